The number of rotatable bonds is 5. The SMILES string of the molecule is CCOc1c(I)cc(/C=C2/C(=O)NC(=S)N(c3ccccc3Cl)C2=O)cc1OC. The second-order valence-electron chi connectivity index (χ2n) is 5.88. The number of halogens is 2. The van der Waals surface area contributed by atoms with E-state index in [2.05, 4.69) is 27.9 Å². The molecule has 150 valence electrons. The van der Waals surface area contributed by atoms with Crippen molar-refractivity contribution in [1.82, 2.24) is 5.32 Å². The van der Waals surface area contributed by atoms with Gasteiger partial charge in [-0.1, -0.05) is 23.7 Å². The molecule has 2 aromatic rings. The Hall–Kier alpha value is -2.17. The van der Waals surface area contributed by atoms with Gasteiger partial charge in [-0.2, -0.15) is 0 Å². The second kappa shape index (κ2) is 9.10. The molecule has 2 aromatic carbocycles. The highest BCUT2D eigenvalue weighted by Gasteiger charge is 2.35. The van der Waals surface area contributed by atoms with Gasteiger partial charge in [0, 0.05) is 0 Å². The van der Waals surface area contributed by atoms with E-state index in [1.54, 1.807) is 36.4 Å². The van der Waals surface area contributed by atoms with Gasteiger partial charge in [-0.3, -0.25) is 19.8 Å². The zero-order chi connectivity index (χ0) is 21.1. The zero-order valence-electron chi connectivity index (χ0n) is 15.5. The number of anilines is 1. The number of benzene rings is 2. The number of carbonyl (C=O) groups excluding carboxylic acids is 2. The number of thiocarbonyl (C=S) groups is 1. The Bertz CT molecular complexity index is 1040. The highest BCUT2D eigenvalue weighted by atomic mass is 127. The monoisotopic (exact) mass is 542 g/mol. The topological polar surface area (TPSA) is 67.9 Å². The van der Waals surface area contributed by atoms with E-state index >= 15 is 0 Å². The van der Waals surface area contributed by atoms with E-state index in [4.69, 9.17) is 33.3 Å². The Morgan fingerprint density at radius 2 is 2.00 bits per heavy atom. The maximum atomic E-state index is 13.1. The van der Waals surface area contributed by atoms with E-state index < -0.39 is 11.8 Å². The number of hydrogen-bond acceptors (Lipinski definition) is 5. The van der Waals surface area contributed by atoms with E-state index in [1.807, 2.05) is 6.92 Å². The van der Waals surface area contributed by atoms with Gasteiger partial charge >= 0.3 is 0 Å². The van der Waals surface area contributed by atoms with E-state index in [0.29, 0.717) is 34.4 Å². The molecule has 0 bridgehead atoms. The summed E-state index contributed by atoms with van der Waals surface area (Å²) in [4.78, 5) is 26.8. The van der Waals surface area contributed by atoms with Gasteiger partial charge < -0.3 is 9.47 Å². The van der Waals surface area contributed by atoms with Crippen LogP contribution in [-0.4, -0.2) is 30.6 Å². The summed E-state index contributed by atoms with van der Waals surface area (Å²) in [5, 5.41) is 2.86. The van der Waals surface area contributed by atoms with Crippen molar-refractivity contribution in [3.05, 3.63) is 56.1 Å². The van der Waals surface area contributed by atoms with Crippen molar-refractivity contribution in [3.63, 3.8) is 0 Å². The molecule has 9 heteroatoms. The molecule has 0 aromatic heterocycles. The van der Waals surface area contributed by atoms with Gasteiger partial charge in [0.2, 0.25) is 0 Å². The van der Waals surface area contributed by atoms with Crippen LogP contribution in [0.1, 0.15) is 12.5 Å². The normalized spacial score (nSPS) is 15.5. The van der Waals surface area contributed by atoms with Crippen LogP contribution in [0.3, 0.4) is 0 Å². The van der Waals surface area contributed by atoms with E-state index in [1.165, 1.54) is 18.1 Å². The minimum absolute atomic E-state index is 0.0240. The lowest BCUT2D eigenvalue weighted by Crippen LogP contribution is -2.54. The lowest BCUT2D eigenvalue weighted by Gasteiger charge is -2.29. The predicted molar refractivity (Wildman–Crippen MR) is 125 cm³/mol. The van der Waals surface area contributed by atoms with Crippen LogP contribution in [0.15, 0.2) is 42.0 Å². The molecular weight excluding hydrogens is 527 g/mol. The van der Waals surface area contributed by atoms with Crippen LogP contribution in [-0.2, 0) is 9.59 Å². The molecule has 0 spiro atoms. The summed E-state index contributed by atoms with van der Waals surface area (Å²) < 4.78 is 11.8. The first-order valence-electron chi connectivity index (χ1n) is 8.53. The minimum Gasteiger partial charge on any atom is -0.493 e. The van der Waals surface area contributed by atoms with Crippen molar-refractivity contribution in [2.45, 2.75) is 6.92 Å². The lowest BCUT2D eigenvalue weighted by molar-refractivity contribution is -0.122. The second-order valence-corrected chi connectivity index (χ2v) is 7.83. The number of nitrogens with one attached hydrogen (secondary N) is 1. The first-order valence-corrected chi connectivity index (χ1v) is 10.4. The van der Waals surface area contributed by atoms with Gasteiger partial charge in [0.1, 0.15) is 5.57 Å². The maximum Gasteiger partial charge on any atom is 0.270 e. The number of nitrogens with zero attached hydrogens (tertiary/aromatic N) is 1. The van der Waals surface area contributed by atoms with Gasteiger partial charge in [0.15, 0.2) is 16.6 Å². The van der Waals surface area contributed by atoms with E-state index in [9.17, 15) is 9.59 Å². The lowest BCUT2D eigenvalue weighted by atomic mass is 10.1. The molecule has 1 N–H and O–H groups in total. The van der Waals surface area contributed by atoms with Crippen molar-refractivity contribution in [3.8, 4) is 11.5 Å². The number of carbonyl (C=O) groups is 2. The minimum atomic E-state index is -0.578. The average molecular weight is 543 g/mol. The molecule has 0 aliphatic carbocycles. The quantitative estimate of drug-likeness (QED) is 0.266. The Balaban J connectivity index is 2.05. The summed E-state index contributed by atoms with van der Waals surface area (Å²) in [5.74, 6) is -0.0235. The predicted octanol–water partition coefficient (Wildman–Crippen LogP) is 4.18. The Morgan fingerprint density at radius 1 is 1.28 bits per heavy atom. The number of hydrogen-bond donors (Lipinski definition) is 1. The Kier molecular flexibility index (Phi) is 6.76. The Morgan fingerprint density at radius 3 is 2.66 bits per heavy atom. The van der Waals surface area contributed by atoms with Crippen molar-refractivity contribution in [2.75, 3.05) is 18.6 Å². The average Bonchev–Trinajstić information content (AvgIpc) is 2.68. The number of ether oxygens (including phenoxy) is 2. The van der Waals surface area contributed by atoms with Crippen LogP contribution in [0.4, 0.5) is 5.69 Å². The molecule has 0 saturated carbocycles. The largest absolute Gasteiger partial charge is 0.493 e. The number of amides is 2. The molecule has 1 fully saturated rings. The summed E-state index contributed by atoms with van der Waals surface area (Å²) >= 11 is 13.5. The summed E-state index contributed by atoms with van der Waals surface area (Å²) in [5.41, 5.74) is 0.939. The highest BCUT2D eigenvalue weighted by Crippen LogP contribution is 2.35. The van der Waals surface area contributed by atoms with E-state index in [0.717, 1.165) is 3.57 Å². The van der Waals surface area contributed by atoms with Gasteiger partial charge in [-0.15, -0.1) is 0 Å². The standard InChI is InChI=1S/C20H16ClIN2O4S/c1-3-28-17-14(22)9-11(10-16(17)27-2)8-12-18(25)23-20(29)24(19(12)26)15-7-5-4-6-13(15)21/h4-10H,3H2,1-2H3,(H,23,25,29)/b12-8-. The molecule has 0 unspecified atom stereocenters. The van der Waals surface area contributed by atoms with Crippen LogP contribution in [0.2, 0.25) is 5.02 Å². The fourth-order valence-corrected chi connectivity index (χ4v) is 4.06. The van der Waals surface area contributed by atoms with Gasteiger partial charge in [0.25, 0.3) is 11.8 Å². The van der Waals surface area contributed by atoms with Crippen molar-refractivity contribution < 1.29 is 19.1 Å². The number of methoxy groups -OCH3 is 1. The summed E-state index contributed by atoms with van der Waals surface area (Å²) in [7, 11) is 1.53. The highest BCUT2D eigenvalue weighted by molar-refractivity contribution is 14.1. The molecule has 1 aliphatic rings. The van der Waals surface area contributed by atoms with Crippen molar-refractivity contribution in [2.24, 2.45) is 0 Å². The molecule has 1 heterocycles. The first-order chi connectivity index (χ1) is 13.9. The third-order valence-corrected chi connectivity index (χ3v) is 5.45. The third-order valence-electron chi connectivity index (χ3n) is 4.05. The van der Waals surface area contributed by atoms with Crippen LogP contribution >= 0.6 is 46.4 Å². The molecule has 0 radical (unpaired) electrons. The van der Waals surface area contributed by atoms with Crippen LogP contribution < -0.4 is 19.7 Å². The van der Waals surface area contributed by atoms with E-state index in [-0.39, 0.29) is 10.7 Å². The molecular formula is C20H16ClIN2O4S. The van der Waals surface area contributed by atoms with Gasteiger partial charge in [-0.05, 0) is 77.6 Å². The molecule has 29 heavy (non-hydrogen) atoms. The maximum absolute atomic E-state index is 13.1. The molecule has 0 atom stereocenters. The summed E-state index contributed by atoms with van der Waals surface area (Å²) in [6.45, 7) is 2.36. The van der Waals surface area contributed by atoms with Gasteiger partial charge in [-0.25, -0.2) is 0 Å². The third kappa shape index (κ3) is 4.39. The van der Waals surface area contributed by atoms with Crippen LogP contribution in [0, 0.1) is 3.57 Å². The molecule has 6 nitrogen and oxygen atoms in total. The number of para-hydroxylation sites is 1. The molecule has 2 amide bonds. The van der Waals surface area contributed by atoms with Crippen LogP contribution in [0.25, 0.3) is 6.08 Å². The fourth-order valence-electron chi connectivity index (χ4n) is 2.78. The fraction of sp³-hybridized carbons (Fsp3) is 0.150. The molecule has 3 rings (SSSR count). The first kappa shape index (κ1) is 21.5. The van der Waals surface area contributed by atoms with Crippen LogP contribution in [0.5, 0.6) is 11.5 Å². The van der Waals surface area contributed by atoms with Crippen molar-refractivity contribution >= 4 is 75.1 Å². The molecule has 1 aliphatic heterocycles. The van der Waals surface area contributed by atoms with Crippen molar-refractivity contribution in [1.29, 1.82) is 0 Å². The summed E-state index contributed by atoms with van der Waals surface area (Å²) in [6, 6.07) is 10.3. The van der Waals surface area contributed by atoms with Gasteiger partial charge in [0.05, 0.1) is 28.0 Å². The Labute approximate surface area is 191 Å². The zero-order valence-corrected chi connectivity index (χ0v) is 19.2. The summed E-state index contributed by atoms with van der Waals surface area (Å²) in [6.07, 6.45) is 1.49. The smallest absolute Gasteiger partial charge is 0.270 e. The molecule has 1 saturated heterocycles.